The zero-order valence-corrected chi connectivity index (χ0v) is 23.3. The molecule has 1 heteroatoms. The van der Waals surface area contributed by atoms with Crippen LogP contribution in [0.5, 0.6) is 0 Å². The Kier molecular flexibility index (Phi) is 6.16. The molecule has 0 aromatic heterocycles. The number of allylic oxidation sites excluding steroid dienone is 4. The first kappa shape index (κ1) is 23.0. The second kappa shape index (κ2) is 9.12. The molecule has 1 unspecified atom stereocenters. The van der Waals surface area contributed by atoms with Gasteiger partial charge in [-0.05, 0) is 58.4 Å². The van der Waals surface area contributed by atoms with Gasteiger partial charge in [0.25, 0.3) is 0 Å². The van der Waals surface area contributed by atoms with E-state index in [0.717, 1.165) is 0 Å². The Morgan fingerprint density at radius 2 is 1.15 bits per heavy atom. The van der Waals surface area contributed by atoms with Crippen molar-refractivity contribution in [3.05, 3.63) is 155 Å². The molecular weight excluding hydrogens is 575 g/mol. The van der Waals surface area contributed by atoms with Gasteiger partial charge in [0.1, 0.15) is 0 Å². The molecule has 0 amide bonds. The molecule has 0 N–H and O–H groups in total. The maximum atomic E-state index is 2.40. The van der Waals surface area contributed by atoms with Gasteiger partial charge >= 0.3 is 0 Å². The molecule has 1 atom stereocenters. The Bertz CT molecular complexity index is 1340. The topological polar surface area (TPSA) is 0 Å². The van der Waals surface area contributed by atoms with Crippen molar-refractivity contribution < 1.29 is 25.8 Å². The van der Waals surface area contributed by atoms with Gasteiger partial charge in [-0.2, -0.15) is 0 Å². The average Bonchev–Trinajstić information content (AvgIpc) is 3.51. The Morgan fingerprint density at radius 1 is 0.588 bits per heavy atom. The Hall–Kier alpha value is -2.77. The number of hydrogen-bond donors (Lipinski definition) is 0. The summed E-state index contributed by atoms with van der Waals surface area (Å²) in [4.78, 5) is 0. The van der Waals surface area contributed by atoms with Crippen LogP contribution in [-0.2, 0) is 31.3 Å². The predicted octanol–water partition coefficient (Wildman–Crippen LogP) is 8.14. The molecule has 2 aliphatic rings. The van der Waals surface area contributed by atoms with Gasteiger partial charge in [-0.1, -0.05) is 121 Å². The molecule has 0 bridgehead atoms. The Morgan fingerprint density at radius 3 is 1.76 bits per heavy atom. The van der Waals surface area contributed by atoms with Gasteiger partial charge < -0.3 is 0 Å². The molecule has 0 aliphatic heterocycles. The molecule has 4 aromatic carbocycles. The summed E-state index contributed by atoms with van der Waals surface area (Å²) in [5.41, 5.74) is 10.9. The fourth-order valence-electron chi connectivity index (χ4n) is 6.34. The zero-order chi connectivity index (χ0) is 22.4. The minimum absolute atomic E-state index is 0. The third-order valence-corrected chi connectivity index (χ3v) is 7.86. The standard InChI is InChI=1S/C33H28.Hf/c1-23-13-12-22-31(24(23)2)33(26-16-6-7-17-26,25-14-4-3-5-15-25)32-29-20-10-8-18-27(29)28-19-9-11-21-30(28)32;/h3-22,26,32H,1-2H3;. The van der Waals surface area contributed by atoms with E-state index in [1.807, 2.05) is 0 Å². The average molecular weight is 603 g/mol. The van der Waals surface area contributed by atoms with Gasteiger partial charge in [-0.15, -0.1) is 0 Å². The molecule has 0 saturated heterocycles. The van der Waals surface area contributed by atoms with Crippen LogP contribution in [0.25, 0.3) is 11.1 Å². The van der Waals surface area contributed by atoms with Gasteiger partial charge in [-0.3, -0.25) is 0 Å². The van der Waals surface area contributed by atoms with Crippen LogP contribution < -0.4 is 0 Å². The molecule has 0 radical (unpaired) electrons. The normalized spacial score (nSPS) is 16.1. The monoisotopic (exact) mass is 604 g/mol. The first-order valence-corrected chi connectivity index (χ1v) is 11.9. The second-order valence-electron chi connectivity index (χ2n) is 9.39. The van der Waals surface area contributed by atoms with E-state index < -0.39 is 0 Å². The summed E-state index contributed by atoms with van der Waals surface area (Å²) in [5.74, 6) is 0.467. The van der Waals surface area contributed by atoms with Crippen molar-refractivity contribution in [2.24, 2.45) is 5.92 Å². The SMILES string of the molecule is Cc1cccc(C(c2ccccc2)(C2C=CC=C2)C2c3ccccc3-c3ccccc32)c1C.[Hf]. The Balaban J connectivity index is 0.00000241. The minimum atomic E-state index is -0.260. The second-order valence-corrected chi connectivity index (χ2v) is 9.39. The number of benzene rings is 4. The molecule has 164 valence electrons. The van der Waals surface area contributed by atoms with Crippen LogP contribution in [-0.4, -0.2) is 0 Å². The molecular formula is C33H28Hf. The van der Waals surface area contributed by atoms with Crippen molar-refractivity contribution in [2.75, 3.05) is 0 Å². The van der Waals surface area contributed by atoms with E-state index in [4.69, 9.17) is 0 Å². The van der Waals surface area contributed by atoms with Crippen molar-refractivity contribution >= 4 is 0 Å². The molecule has 0 spiro atoms. The summed E-state index contributed by atoms with van der Waals surface area (Å²) in [7, 11) is 0. The van der Waals surface area contributed by atoms with E-state index in [-0.39, 0.29) is 43.1 Å². The van der Waals surface area contributed by atoms with E-state index in [1.165, 1.54) is 44.5 Å². The number of rotatable bonds is 4. The van der Waals surface area contributed by atoms with E-state index in [1.54, 1.807) is 0 Å². The fourth-order valence-corrected chi connectivity index (χ4v) is 6.34. The van der Waals surface area contributed by atoms with Gasteiger partial charge in [0, 0.05) is 43.1 Å². The number of hydrogen-bond acceptors (Lipinski definition) is 0. The van der Waals surface area contributed by atoms with E-state index in [2.05, 4.69) is 135 Å². The third kappa shape index (κ3) is 3.28. The first-order chi connectivity index (χ1) is 16.2. The molecule has 0 heterocycles. The third-order valence-electron chi connectivity index (χ3n) is 7.86. The van der Waals surface area contributed by atoms with Gasteiger partial charge in [0.2, 0.25) is 0 Å². The van der Waals surface area contributed by atoms with Gasteiger partial charge in [0.05, 0.1) is 0 Å². The number of aryl methyl sites for hydroxylation is 1. The summed E-state index contributed by atoms with van der Waals surface area (Å²) in [5, 5.41) is 0. The summed E-state index contributed by atoms with van der Waals surface area (Å²) in [6.45, 7) is 4.54. The molecule has 4 aromatic rings. The predicted molar refractivity (Wildman–Crippen MR) is 139 cm³/mol. The first-order valence-electron chi connectivity index (χ1n) is 11.9. The van der Waals surface area contributed by atoms with Crippen LogP contribution in [0, 0.1) is 19.8 Å². The summed E-state index contributed by atoms with van der Waals surface area (Å²) < 4.78 is 0. The van der Waals surface area contributed by atoms with Crippen LogP contribution in [0.2, 0.25) is 0 Å². The van der Waals surface area contributed by atoms with Crippen molar-refractivity contribution in [2.45, 2.75) is 25.2 Å². The summed E-state index contributed by atoms with van der Waals surface area (Å²) in [6.07, 6.45) is 9.25. The molecule has 0 nitrogen and oxygen atoms in total. The van der Waals surface area contributed by atoms with Crippen LogP contribution in [0.1, 0.15) is 39.3 Å². The van der Waals surface area contributed by atoms with Crippen LogP contribution >= 0.6 is 0 Å². The van der Waals surface area contributed by atoms with Crippen molar-refractivity contribution in [3.63, 3.8) is 0 Å². The van der Waals surface area contributed by atoms with E-state index in [9.17, 15) is 0 Å². The van der Waals surface area contributed by atoms with Crippen molar-refractivity contribution in [1.82, 2.24) is 0 Å². The molecule has 34 heavy (non-hydrogen) atoms. The van der Waals surface area contributed by atoms with Crippen molar-refractivity contribution in [1.29, 1.82) is 0 Å². The maximum absolute atomic E-state index is 2.40. The summed E-state index contributed by atoms with van der Waals surface area (Å²) in [6, 6.07) is 36.1. The minimum Gasteiger partial charge on any atom is -0.0764 e. The smallest absolute Gasteiger partial charge is 0.0412 e. The van der Waals surface area contributed by atoms with Gasteiger partial charge in [0.15, 0.2) is 0 Å². The van der Waals surface area contributed by atoms with Crippen LogP contribution in [0.3, 0.4) is 0 Å². The van der Waals surface area contributed by atoms with E-state index >= 15 is 0 Å². The molecule has 2 aliphatic carbocycles. The summed E-state index contributed by atoms with van der Waals surface area (Å²) >= 11 is 0. The number of fused-ring (bicyclic) bond motifs is 3. The zero-order valence-electron chi connectivity index (χ0n) is 19.7. The van der Waals surface area contributed by atoms with Crippen LogP contribution in [0.15, 0.2) is 121 Å². The fraction of sp³-hybridized carbons (Fsp3) is 0.152. The van der Waals surface area contributed by atoms with Gasteiger partial charge in [-0.25, -0.2) is 0 Å². The largest absolute Gasteiger partial charge is 0.0764 e. The van der Waals surface area contributed by atoms with Crippen molar-refractivity contribution in [3.8, 4) is 11.1 Å². The molecule has 0 saturated carbocycles. The molecule has 0 fully saturated rings. The Labute approximate surface area is 221 Å². The quantitative estimate of drug-likeness (QED) is 0.207. The van der Waals surface area contributed by atoms with E-state index in [0.29, 0.717) is 0 Å². The molecule has 6 rings (SSSR count). The van der Waals surface area contributed by atoms with Crippen LogP contribution in [0.4, 0.5) is 0 Å². The maximum Gasteiger partial charge on any atom is 0.0412 e.